The maximum Gasteiger partial charge on any atom is 0.201 e. The Morgan fingerprint density at radius 1 is 1.11 bits per heavy atom. The lowest BCUT2D eigenvalue weighted by Gasteiger charge is -2.29. The molecule has 2 aromatic carbocycles. The summed E-state index contributed by atoms with van der Waals surface area (Å²) in [6.45, 7) is 6.74. The molecule has 28 heavy (non-hydrogen) atoms. The van der Waals surface area contributed by atoms with Gasteiger partial charge in [-0.3, -0.25) is 0 Å². The van der Waals surface area contributed by atoms with Gasteiger partial charge in [-0.1, -0.05) is 37.3 Å². The van der Waals surface area contributed by atoms with Crippen molar-refractivity contribution in [1.82, 2.24) is 0 Å². The van der Waals surface area contributed by atoms with E-state index in [9.17, 15) is 8.78 Å². The summed E-state index contributed by atoms with van der Waals surface area (Å²) in [7, 11) is 0. The second-order valence-electron chi connectivity index (χ2n) is 7.31. The van der Waals surface area contributed by atoms with E-state index in [1.54, 1.807) is 6.07 Å². The molecule has 2 aromatic rings. The number of hydrogen-bond acceptors (Lipinski definition) is 2. The molecule has 1 saturated heterocycles. The highest BCUT2D eigenvalue weighted by Gasteiger charge is 2.23. The molecular weight excluding hydrogens is 358 g/mol. The molecule has 2 nitrogen and oxygen atoms in total. The molecular formula is C24H28F2O2. The van der Waals surface area contributed by atoms with Gasteiger partial charge in [0, 0.05) is 11.5 Å². The predicted molar refractivity (Wildman–Crippen MR) is 109 cm³/mol. The van der Waals surface area contributed by atoms with Crippen molar-refractivity contribution in [3.05, 3.63) is 66.3 Å². The SMILES string of the molecule is C=CCCC1CCC(c2ccc(-c3ccc(OCCC)c(F)c3F)cc2)CO1. The highest BCUT2D eigenvalue weighted by atomic mass is 19.2. The maximum atomic E-state index is 14.5. The van der Waals surface area contributed by atoms with Crippen LogP contribution in [0.5, 0.6) is 5.75 Å². The van der Waals surface area contributed by atoms with Crippen LogP contribution in [0.1, 0.15) is 50.5 Å². The Labute approximate surface area is 166 Å². The largest absolute Gasteiger partial charge is 0.490 e. The van der Waals surface area contributed by atoms with Crippen LogP contribution in [0.4, 0.5) is 8.78 Å². The van der Waals surface area contributed by atoms with Gasteiger partial charge >= 0.3 is 0 Å². The third kappa shape index (κ3) is 4.79. The van der Waals surface area contributed by atoms with Gasteiger partial charge in [0.1, 0.15) is 0 Å². The van der Waals surface area contributed by atoms with Gasteiger partial charge in [0.05, 0.1) is 19.3 Å². The fraction of sp³-hybridized carbons (Fsp3) is 0.417. The van der Waals surface area contributed by atoms with Gasteiger partial charge in [0.25, 0.3) is 0 Å². The van der Waals surface area contributed by atoms with Crippen LogP contribution in [0, 0.1) is 11.6 Å². The molecule has 2 atom stereocenters. The lowest BCUT2D eigenvalue weighted by molar-refractivity contribution is -0.000171. The predicted octanol–water partition coefficient (Wildman–Crippen LogP) is 6.65. The van der Waals surface area contributed by atoms with E-state index in [0.717, 1.165) is 32.1 Å². The van der Waals surface area contributed by atoms with Crippen molar-refractivity contribution in [1.29, 1.82) is 0 Å². The first-order valence-corrected chi connectivity index (χ1v) is 10.1. The standard InChI is InChI=1S/C24H28F2O2/c1-3-5-6-20-12-11-19(16-28-20)17-7-9-18(10-8-17)21-13-14-22(27-15-4-2)24(26)23(21)25/h3,7-10,13-14,19-20H,1,4-6,11-12,15-16H2,2H3. The van der Waals surface area contributed by atoms with Crippen LogP contribution >= 0.6 is 0 Å². The molecule has 0 amide bonds. The van der Waals surface area contributed by atoms with E-state index in [4.69, 9.17) is 9.47 Å². The molecule has 3 rings (SSSR count). The Kier molecular flexibility index (Phi) is 7.21. The first-order valence-electron chi connectivity index (χ1n) is 10.1. The molecule has 0 aromatic heterocycles. The molecule has 0 bridgehead atoms. The summed E-state index contributed by atoms with van der Waals surface area (Å²) in [6.07, 6.45) is 7.11. The number of hydrogen-bond donors (Lipinski definition) is 0. The van der Waals surface area contributed by atoms with Crippen molar-refractivity contribution >= 4 is 0 Å². The molecule has 1 aliphatic heterocycles. The van der Waals surface area contributed by atoms with Crippen molar-refractivity contribution in [2.75, 3.05) is 13.2 Å². The van der Waals surface area contributed by atoms with Crippen LogP contribution in [-0.4, -0.2) is 19.3 Å². The minimum atomic E-state index is -0.929. The van der Waals surface area contributed by atoms with E-state index >= 15 is 0 Å². The zero-order valence-corrected chi connectivity index (χ0v) is 16.4. The van der Waals surface area contributed by atoms with Crippen molar-refractivity contribution in [2.45, 2.75) is 51.0 Å². The average molecular weight is 386 g/mol. The minimum absolute atomic E-state index is 0.0370. The van der Waals surface area contributed by atoms with Crippen molar-refractivity contribution in [3.63, 3.8) is 0 Å². The van der Waals surface area contributed by atoms with Crippen LogP contribution in [0.15, 0.2) is 49.1 Å². The molecule has 1 aliphatic rings. The summed E-state index contributed by atoms with van der Waals surface area (Å²) in [6, 6.07) is 10.8. The van der Waals surface area contributed by atoms with Crippen LogP contribution < -0.4 is 4.74 Å². The van der Waals surface area contributed by atoms with Gasteiger partial charge in [-0.05, 0) is 55.4 Å². The van der Waals surface area contributed by atoms with Crippen molar-refractivity contribution in [2.24, 2.45) is 0 Å². The van der Waals surface area contributed by atoms with Crippen LogP contribution in [0.2, 0.25) is 0 Å². The number of allylic oxidation sites excluding steroid dienone is 1. The lowest BCUT2D eigenvalue weighted by atomic mass is 9.89. The summed E-state index contributed by atoms with van der Waals surface area (Å²) in [5, 5.41) is 0. The van der Waals surface area contributed by atoms with Crippen LogP contribution in [0.25, 0.3) is 11.1 Å². The summed E-state index contributed by atoms with van der Waals surface area (Å²) in [5.74, 6) is -1.49. The van der Waals surface area contributed by atoms with Crippen LogP contribution in [-0.2, 0) is 4.74 Å². The molecule has 0 aliphatic carbocycles. The Hall–Kier alpha value is -2.20. The Morgan fingerprint density at radius 3 is 2.54 bits per heavy atom. The molecule has 0 spiro atoms. The first kappa shape index (κ1) is 20.5. The lowest BCUT2D eigenvalue weighted by Crippen LogP contribution is -2.24. The summed E-state index contributed by atoms with van der Waals surface area (Å²) >= 11 is 0. The highest BCUT2D eigenvalue weighted by Crippen LogP contribution is 2.33. The van der Waals surface area contributed by atoms with Crippen molar-refractivity contribution < 1.29 is 18.3 Å². The molecule has 4 heteroatoms. The van der Waals surface area contributed by atoms with E-state index in [2.05, 4.69) is 6.58 Å². The van der Waals surface area contributed by atoms with Gasteiger partial charge in [-0.2, -0.15) is 4.39 Å². The van der Waals surface area contributed by atoms with Gasteiger partial charge in [0.2, 0.25) is 5.82 Å². The first-order chi connectivity index (χ1) is 13.6. The molecule has 0 N–H and O–H groups in total. The Balaban J connectivity index is 1.68. The Bertz CT molecular complexity index is 778. The summed E-state index contributed by atoms with van der Waals surface area (Å²) in [4.78, 5) is 0. The number of ether oxygens (including phenoxy) is 2. The smallest absolute Gasteiger partial charge is 0.201 e. The third-order valence-electron chi connectivity index (χ3n) is 5.26. The minimum Gasteiger partial charge on any atom is -0.490 e. The quantitative estimate of drug-likeness (QED) is 0.473. The normalized spacial score (nSPS) is 19.4. The second-order valence-corrected chi connectivity index (χ2v) is 7.31. The Morgan fingerprint density at radius 2 is 1.89 bits per heavy atom. The third-order valence-corrected chi connectivity index (χ3v) is 5.26. The number of halogens is 2. The average Bonchev–Trinajstić information content (AvgIpc) is 2.74. The number of benzene rings is 2. The molecule has 1 heterocycles. The van der Waals surface area contributed by atoms with Gasteiger partial charge in [0.15, 0.2) is 11.6 Å². The molecule has 0 radical (unpaired) electrons. The highest BCUT2D eigenvalue weighted by molar-refractivity contribution is 5.65. The summed E-state index contributed by atoms with van der Waals surface area (Å²) in [5.41, 5.74) is 2.08. The monoisotopic (exact) mass is 386 g/mol. The fourth-order valence-electron chi connectivity index (χ4n) is 3.61. The topological polar surface area (TPSA) is 18.5 Å². The molecule has 0 saturated carbocycles. The number of rotatable bonds is 8. The van der Waals surface area contributed by atoms with E-state index in [0.29, 0.717) is 30.8 Å². The van der Waals surface area contributed by atoms with E-state index < -0.39 is 11.6 Å². The molecule has 1 fully saturated rings. The zero-order chi connectivity index (χ0) is 19.9. The van der Waals surface area contributed by atoms with Crippen LogP contribution in [0.3, 0.4) is 0 Å². The van der Waals surface area contributed by atoms with E-state index in [1.165, 1.54) is 11.6 Å². The van der Waals surface area contributed by atoms with Gasteiger partial charge in [-0.15, -0.1) is 6.58 Å². The molecule has 2 unspecified atom stereocenters. The molecule has 150 valence electrons. The second kappa shape index (κ2) is 9.83. The van der Waals surface area contributed by atoms with Gasteiger partial charge in [-0.25, -0.2) is 4.39 Å². The van der Waals surface area contributed by atoms with E-state index in [1.807, 2.05) is 37.3 Å². The van der Waals surface area contributed by atoms with Gasteiger partial charge < -0.3 is 9.47 Å². The van der Waals surface area contributed by atoms with Crippen molar-refractivity contribution in [3.8, 4) is 16.9 Å². The maximum absolute atomic E-state index is 14.5. The summed E-state index contributed by atoms with van der Waals surface area (Å²) < 4.78 is 40.0. The fourth-order valence-corrected chi connectivity index (χ4v) is 3.61. The van der Waals surface area contributed by atoms with E-state index in [-0.39, 0.29) is 11.3 Å². The zero-order valence-electron chi connectivity index (χ0n) is 16.4.